The van der Waals surface area contributed by atoms with E-state index < -0.39 is 0 Å². The molecule has 48 heavy (non-hydrogen) atoms. The van der Waals surface area contributed by atoms with Crippen LogP contribution in [0.4, 0.5) is 22.7 Å². The highest BCUT2D eigenvalue weighted by Crippen LogP contribution is 2.30. The molecule has 2 aliphatic heterocycles. The summed E-state index contributed by atoms with van der Waals surface area (Å²) in [7, 11) is 0. The second-order valence-electron chi connectivity index (χ2n) is 11.3. The van der Waals surface area contributed by atoms with Crippen molar-refractivity contribution in [3.05, 3.63) is 155 Å². The highest BCUT2D eigenvalue weighted by molar-refractivity contribution is 6.10. The van der Waals surface area contributed by atoms with Gasteiger partial charge in [-0.2, -0.15) is 0 Å². The molecule has 2 aliphatic rings. The smallest absolute Gasteiger partial charge is 0.257 e. The van der Waals surface area contributed by atoms with Crippen molar-refractivity contribution in [2.75, 3.05) is 22.1 Å². The fourth-order valence-electron chi connectivity index (χ4n) is 5.54. The van der Waals surface area contributed by atoms with Crippen molar-refractivity contribution in [3.63, 3.8) is 0 Å². The number of carbonyl (C=O) groups is 2. The van der Waals surface area contributed by atoms with Gasteiger partial charge in [-0.25, -0.2) is 0 Å². The van der Waals surface area contributed by atoms with E-state index in [0.29, 0.717) is 39.6 Å². The van der Waals surface area contributed by atoms with Crippen LogP contribution in [-0.2, 0) is 0 Å². The van der Waals surface area contributed by atoms with Crippen molar-refractivity contribution >= 4 is 58.9 Å². The molecule has 0 atom stereocenters. The fraction of sp³-hybridized carbons (Fsp3) is 0. The maximum absolute atomic E-state index is 12.7. The summed E-state index contributed by atoms with van der Waals surface area (Å²) in [5.41, 5.74) is 22.3. The van der Waals surface area contributed by atoms with Crippen molar-refractivity contribution in [2.24, 2.45) is 0 Å². The molecule has 0 bridgehead atoms. The Morgan fingerprint density at radius 2 is 1.00 bits per heavy atom. The normalized spacial score (nSPS) is 13.9. The summed E-state index contributed by atoms with van der Waals surface area (Å²) in [6, 6.07) is 34.4. The van der Waals surface area contributed by atoms with Gasteiger partial charge in [-0.1, -0.05) is 84.9 Å². The Bertz CT molecular complexity index is 2240. The molecular formula is C40H30N6O2. The second-order valence-corrected chi connectivity index (χ2v) is 11.3. The second kappa shape index (κ2) is 12.9. The molecular weight excluding hydrogens is 596 g/mol. The summed E-state index contributed by atoms with van der Waals surface area (Å²) in [6.07, 6.45) is 11.2. The standard InChI is InChI=1S/2C20H15N3O/c21-16-8-6-14-7-9-18-19(23-20(24)17(14)11-16)10-15(12-22-18)13-4-2-1-3-5-13;21-16-8-6-14-7-9-18-17(20(24)23-19(14)11-16)10-15(12-22-18)13-4-2-1-3-5-13/h2*1-12H,21H2,(H,23,24). The number of nitrogens with two attached hydrogens (primary N) is 2. The van der Waals surface area contributed by atoms with Gasteiger partial charge in [0.15, 0.2) is 0 Å². The molecule has 0 saturated heterocycles. The summed E-state index contributed by atoms with van der Waals surface area (Å²) >= 11 is 0. The van der Waals surface area contributed by atoms with Crippen molar-refractivity contribution in [1.82, 2.24) is 9.97 Å². The number of amides is 2. The van der Waals surface area contributed by atoms with Crippen LogP contribution in [0.3, 0.4) is 0 Å². The molecule has 4 aromatic carbocycles. The molecule has 0 radical (unpaired) electrons. The minimum absolute atomic E-state index is 0.185. The summed E-state index contributed by atoms with van der Waals surface area (Å²) < 4.78 is 0. The van der Waals surface area contributed by atoms with Gasteiger partial charge < -0.3 is 22.1 Å². The number of hydrogen-bond donors (Lipinski definition) is 4. The van der Waals surface area contributed by atoms with E-state index in [1.807, 2.05) is 121 Å². The Morgan fingerprint density at radius 3 is 1.71 bits per heavy atom. The van der Waals surface area contributed by atoms with Gasteiger partial charge in [0.05, 0.1) is 28.3 Å². The van der Waals surface area contributed by atoms with E-state index in [2.05, 4.69) is 20.6 Å². The Balaban J connectivity index is 0.000000152. The fourth-order valence-corrected chi connectivity index (χ4v) is 5.54. The van der Waals surface area contributed by atoms with E-state index in [0.717, 1.165) is 39.1 Å². The van der Waals surface area contributed by atoms with Crippen LogP contribution in [0, 0.1) is 0 Å². The van der Waals surface area contributed by atoms with Crippen LogP contribution in [0.5, 0.6) is 0 Å². The highest BCUT2D eigenvalue weighted by Gasteiger charge is 2.18. The van der Waals surface area contributed by atoms with Gasteiger partial charge >= 0.3 is 0 Å². The van der Waals surface area contributed by atoms with Gasteiger partial charge in [0.1, 0.15) is 0 Å². The van der Waals surface area contributed by atoms with E-state index in [-0.39, 0.29) is 11.8 Å². The Labute approximate surface area is 277 Å². The van der Waals surface area contributed by atoms with E-state index in [1.54, 1.807) is 24.4 Å². The number of rotatable bonds is 2. The van der Waals surface area contributed by atoms with Crippen LogP contribution < -0.4 is 22.1 Å². The SMILES string of the molecule is Nc1ccc2c(c1)C(=O)Nc1cc(-c3ccccc3)cnc1/C=C\2.Nc1ccc2c(c1)NC(=O)c1cc(-c3ccccc3)cnc1/C=C\2. The van der Waals surface area contributed by atoms with E-state index in [4.69, 9.17) is 11.5 Å². The quantitative estimate of drug-likeness (QED) is 0.143. The largest absolute Gasteiger partial charge is 0.399 e. The zero-order chi connectivity index (χ0) is 33.0. The molecule has 0 spiro atoms. The first-order chi connectivity index (χ1) is 23.4. The van der Waals surface area contributed by atoms with E-state index >= 15 is 0 Å². The number of nitrogens with zero attached hydrogens (tertiary/aromatic N) is 2. The number of carbonyl (C=O) groups excluding carboxylic acids is 2. The molecule has 232 valence electrons. The van der Waals surface area contributed by atoms with Crippen LogP contribution in [0.2, 0.25) is 0 Å². The first-order valence-corrected chi connectivity index (χ1v) is 15.3. The van der Waals surface area contributed by atoms with Crippen LogP contribution in [0.25, 0.3) is 46.6 Å². The minimum atomic E-state index is -0.188. The monoisotopic (exact) mass is 626 g/mol. The van der Waals surface area contributed by atoms with Gasteiger partial charge in [0, 0.05) is 40.5 Å². The molecule has 6 N–H and O–H groups in total. The third-order valence-corrected chi connectivity index (χ3v) is 8.03. The zero-order valence-electron chi connectivity index (χ0n) is 25.7. The molecule has 0 saturated carbocycles. The van der Waals surface area contributed by atoms with Gasteiger partial charge in [-0.05, 0) is 70.8 Å². The first kappa shape index (κ1) is 29.9. The Morgan fingerprint density at radius 1 is 0.458 bits per heavy atom. The molecule has 8 nitrogen and oxygen atoms in total. The number of anilines is 4. The molecule has 0 unspecified atom stereocenters. The average molecular weight is 627 g/mol. The number of pyridine rings is 2. The molecule has 4 heterocycles. The van der Waals surface area contributed by atoms with E-state index in [1.165, 1.54) is 0 Å². The average Bonchev–Trinajstić information content (AvgIpc) is 3.11. The maximum Gasteiger partial charge on any atom is 0.257 e. The molecule has 0 aliphatic carbocycles. The van der Waals surface area contributed by atoms with Crippen LogP contribution in [0.1, 0.15) is 43.2 Å². The summed E-state index contributed by atoms with van der Waals surface area (Å²) in [5.74, 6) is -0.374. The summed E-state index contributed by atoms with van der Waals surface area (Å²) in [4.78, 5) is 34.2. The highest BCUT2D eigenvalue weighted by atomic mass is 16.2. The van der Waals surface area contributed by atoms with Crippen molar-refractivity contribution < 1.29 is 9.59 Å². The summed E-state index contributed by atoms with van der Waals surface area (Å²) in [6.45, 7) is 0. The number of fused-ring (bicyclic) bond motifs is 4. The predicted molar refractivity (Wildman–Crippen MR) is 195 cm³/mol. The zero-order valence-corrected chi connectivity index (χ0v) is 25.7. The lowest BCUT2D eigenvalue weighted by atomic mass is 10.0. The number of benzene rings is 4. The van der Waals surface area contributed by atoms with Gasteiger partial charge in [0.2, 0.25) is 0 Å². The summed E-state index contributed by atoms with van der Waals surface area (Å²) in [5, 5.41) is 5.88. The first-order valence-electron chi connectivity index (χ1n) is 15.3. The minimum Gasteiger partial charge on any atom is -0.399 e. The number of hydrogen-bond acceptors (Lipinski definition) is 6. The van der Waals surface area contributed by atoms with Gasteiger partial charge in [-0.3, -0.25) is 19.6 Å². The molecule has 6 aromatic rings. The van der Waals surface area contributed by atoms with Crippen molar-refractivity contribution in [1.29, 1.82) is 0 Å². The lowest BCUT2D eigenvalue weighted by Gasteiger charge is -2.15. The van der Waals surface area contributed by atoms with Crippen LogP contribution >= 0.6 is 0 Å². The lowest BCUT2D eigenvalue weighted by Crippen LogP contribution is -2.16. The molecule has 8 rings (SSSR count). The lowest BCUT2D eigenvalue weighted by molar-refractivity contribution is 0.101. The third-order valence-electron chi connectivity index (χ3n) is 8.03. The van der Waals surface area contributed by atoms with Crippen LogP contribution in [0.15, 0.2) is 122 Å². The van der Waals surface area contributed by atoms with E-state index in [9.17, 15) is 9.59 Å². The molecule has 8 heteroatoms. The number of nitrogen functional groups attached to an aromatic ring is 2. The topological polar surface area (TPSA) is 136 Å². The number of nitrogens with one attached hydrogen (secondary N) is 2. The number of aromatic nitrogens is 2. The van der Waals surface area contributed by atoms with Crippen LogP contribution in [-0.4, -0.2) is 21.8 Å². The van der Waals surface area contributed by atoms with Crippen molar-refractivity contribution in [2.45, 2.75) is 0 Å². The van der Waals surface area contributed by atoms with Gasteiger partial charge in [-0.15, -0.1) is 0 Å². The molecule has 0 fully saturated rings. The van der Waals surface area contributed by atoms with Crippen molar-refractivity contribution in [3.8, 4) is 22.3 Å². The predicted octanol–water partition coefficient (Wildman–Crippen LogP) is 8.13. The van der Waals surface area contributed by atoms with Gasteiger partial charge in [0.25, 0.3) is 11.8 Å². The third kappa shape index (κ3) is 6.31. The Kier molecular flexibility index (Phi) is 8.03. The molecule has 2 amide bonds. The molecule has 2 aromatic heterocycles. The Hall–Kier alpha value is -6.80. The maximum atomic E-state index is 12.7.